The first kappa shape index (κ1) is 29.8. The Morgan fingerprint density at radius 1 is 1.00 bits per heavy atom. The van der Waals surface area contributed by atoms with Gasteiger partial charge in [0.15, 0.2) is 32.3 Å². The van der Waals surface area contributed by atoms with Gasteiger partial charge in [-0.2, -0.15) is 30.9 Å². The summed E-state index contributed by atoms with van der Waals surface area (Å²) in [6.45, 7) is 9.28. The molecule has 0 aromatic carbocycles. The molecule has 0 N–H and O–H groups in total. The van der Waals surface area contributed by atoms with Crippen LogP contribution in [0.25, 0.3) is 4.13 Å². The number of hydrogen-bond donors (Lipinski definition) is 0. The van der Waals surface area contributed by atoms with Crippen LogP contribution >= 0.6 is 11.3 Å². The van der Waals surface area contributed by atoms with E-state index in [-0.39, 0.29) is 0 Å². The number of hydrogen-bond acceptors (Lipinski definition) is 5. The minimum Gasteiger partial charge on any atom is -0.421 e. The van der Waals surface area contributed by atoms with Crippen molar-refractivity contribution >= 4 is 31.4 Å². The van der Waals surface area contributed by atoms with Crippen molar-refractivity contribution in [2.24, 2.45) is 0 Å². The Kier molecular flexibility index (Phi) is 11.7. The standard InChI is InChI=1S/C14H24NS.C2F6NO4S2/c1-4-7-8-9-10-14-13(6-3)15(11-5-2)12-16-14;3-1(4,5)14(10,11)9-15(12,13)2(6,7)8/h5,12H,2,4,6-11H2,1,3H3;/q+1;-1. The topological polar surface area (TPSA) is 86.3 Å². The zero-order chi connectivity index (χ0) is 24.5. The number of rotatable bonds is 10. The maximum absolute atomic E-state index is 11.4. The van der Waals surface area contributed by atoms with Crippen LogP contribution in [0.15, 0.2) is 18.2 Å². The summed E-state index contributed by atoms with van der Waals surface area (Å²) in [6, 6.07) is 0. The molecule has 1 aromatic rings. The molecule has 0 fully saturated rings. The number of nitrogens with zero attached hydrogens (tertiary/aromatic N) is 2. The van der Waals surface area contributed by atoms with Crippen molar-refractivity contribution in [1.29, 1.82) is 0 Å². The number of aryl methyl sites for hydroxylation is 1. The van der Waals surface area contributed by atoms with Crippen LogP contribution in [0.2, 0.25) is 0 Å². The number of unbranched alkanes of at least 4 members (excludes halogenated alkanes) is 3. The van der Waals surface area contributed by atoms with Gasteiger partial charge >= 0.3 is 11.0 Å². The van der Waals surface area contributed by atoms with Crippen molar-refractivity contribution in [1.82, 2.24) is 0 Å². The summed E-state index contributed by atoms with van der Waals surface area (Å²) < 4.78 is 112. The van der Waals surface area contributed by atoms with Gasteiger partial charge in [-0.05, 0) is 18.9 Å². The van der Waals surface area contributed by atoms with Gasteiger partial charge in [0.2, 0.25) is 5.51 Å². The Morgan fingerprint density at radius 2 is 1.52 bits per heavy atom. The van der Waals surface area contributed by atoms with Gasteiger partial charge in [-0.15, -0.1) is 0 Å². The molecule has 0 saturated heterocycles. The van der Waals surface area contributed by atoms with Crippen LogP contribution in [0.5, 0.6) is 0 Å². The lowest BCUT2D eigenvalue weighted by Gasteiger charge is -2.22. The molecule has 15 heteroatoms. The lowest BCUT2D eigenvalue weighted by atomic mass is 10.1. The Bertz CT molecular complexity index is 865. The molecule has 0 radical (unpaired) electrons. The van der Waals surface area contributed by atoms with Crippen LogP contribution in [0.1, 0.15) is 50.1 Å². The molecule has 0 aliphatic carbocycles. The Labute approximate surface area is 182 Å². The predicted molar refractivity (Wildman–Crippen MR) is 105 cm³/mol. The average molecular weight is 519 g/mol. The first-order chi connectivity index (χ1) is 14.0. The van der Waals surface area contributed by atoms with Crippen LogP contribution in [0, 0.1) is 0 Å². The van der Waals surface area contributed by atoms with Crippen molar-refractivity contribution in [3.05, 3.63) is 32.9 Å². The molecular formula is C16H24F6N2O4S3. The van der Waals surface area contributed by atoms with Crippen molar-refractivity contribution in [2.45, 2.75) is 69.9 Å². The molecule has 1 aromatic heterocycles. The first-order valence-electron chi connectivity index (χ1n) is 9.00. The van der Waals surface area contributed by atoms with Crippen molar-refractivity contribution in [3.8, 4) is 0 Å². The van der Waals surface area contributed by atoms with E-state index in [4.69, 9.17) is 0 Å². The second-order valence-electron chi connectivity index (χ2n) is 6.11. The quantitative estimate of drug-likeness (QED) is 0.190. The summed E-state index contributed by atoms with van der Waals surface area (Å²) in [6.07, 6.45) is 9.79. The molecule has 0 amide bonds. The summed E-state index contributed by atoms with van der Waals surface area (Å²) in [5.74, 6) is 0. The molecular weight excluding hydrogens is 494 g/mol. The van der Waals surface area contributed by atoms with Gasteiger partial charge < -0.3 is 4.13 Å². The number of sulfonamides is 2. The lowest BCUT2D eigenvalue weighted by molar-refractivity contribution is -0.689. The van der Waals surface area contributed by atoms with Gasteiger partial charge in [0.1, 0.15) is 0 Å². The maximum Gasteiger partial charge on any atom is 0.480 e. The van der Waals surface area contributed by atoms with Gasteiger partial charge in [-0.25, -0.2) is 16.8 Å². The lowest BCUT2D eigenvalue weighted by Crippen LogP contribution is -2.34. The van der Waals surface area contributed by atoms with Crippen molar-refractivity contribution in [2.75, 3.05) is 0 Å². The fourth-order valence-electron chi connectivity index (χ4n) is 2.24. The second-order valence-corrected chi connectivity index (χ2v) is 10.5. The highest BCUT2D eigenvalue weighted by Gasteiger charge is 2.46. The number of aromatic nitrogens is 1. The Hall–Kier alpha value is -1.19. The van der Waals surface area contributed by atoms with Crippen LogP contribution < -0.4 is 4.57 Å². The smallest absolute Gasteiger partial charge is 0.421 e. The van der Waals surface area contributed by atoms with Crippen LogP contribution in [0.3, 0.4) is 0 Å². The van der Waals surface area contributed by atoms with Crippen molar-refractivity contribution in [3.63, 3.8) is 0 Å². The second kappa shape index (κ2) is 12.2. The Morgan fingerprint density at radius 3 is 1.90 bits per heavy atom. The largest absolute Gasteiger partial charge is 0.480 e. The maximum atomic E-state index is 11.4. The predicted octanol–water partition coefficient (Wildman–Crippen LogP) is 4.97. The molecule has 1 rings (SSSR count). The number of alkyl halides is 6. The van der Waals surface area contributed by atoms with Gasteiger partial charge in [-0.3, -0.25) is 0 Å². The molecule has 0 bridgehead atoms. The Balaban J connectivity index is 0.000000582. The SMILES string of the molecule is C=CC[n+]1csc(CCCCCC)c1CC.O=S(=O)([N-]S(=O)(=O)C(F)(F)F)C(F)(F)F. The summed E-state index contributed by atoms with van der Waals surface area (Å²) in [5.41, 5.74) is -8.65. The summed E-state index contributed by atoms with van der Waals surface area (Å²) in [4.78, 5) is 1.58. The fourth-order valence-corrected chi connectivity index (χ4v) is 5.08. The highest BCUT2D eigenvalue weighted by molar-refractivity contribution is 8.13. The van der Waals surface area contributed by atoms with Gasteiger partial charge in [-0.1, -0.05) is 51.0 Å². The van der Waals surface area contributed by atoms with E-state index in [0.717, 1.165) is 17.1 Å². The van der Waals surface area contributed by atoms with E-state index in [1.54, 1.807) is 4.88 Å². The van der Waals surface area contributed by atoms with E-state index in [9.17, 15) is 43.2 Å². The van der Waals surface area contributed by atoms with E-state index >= 15 is 0 Å². The highest BCUT2D eigenvalue weighted by Crippen LogP contribution is 2.36. The number of thiazole rings is 1. The van der Waals surface area contributed by atoms with Gasteiger partial charge in [0, 0.05) is 6.42 Å². The zero-order valence-electron chi connectivity index (χ0n) is 16.8. The minimum absolute atomic E-state index is 0.778. The van der Waals surface area contributed by atoms with E-state index < -0.39 is 31.1 Å². The van der Waals surface area contributed by atoms with Crippen LogP contribution in [-0.4, -0.2) is 27.9 Å². The number of halogens is 6. The summed E-state index contributed by atoms with van der Waals surface area (Å²) >= 11 is 1.91. The molecule has 0 aliphatic heterocycles. The molecule has 0 aliphatic rings. The third kappa shape index (κ3) is 9.45. The van der Waals surface area contributed by atoms with Gasteiger partial charge in [0.05, 0.1) is 4.88 Å². The minimum atomic E-state index is -6.72. The monoisotopic (exact) mass is 518 g/mol. The molecule has 6 nitrogen and oxygen atoms in total. The molecule has 0 atom stereocenters. The molecule has 0 unspecified atom stereocenters. The normalized spacial score (nSPS) is 12.9. The van der Waals surface area contributed by atoms with Gasteiger partial charge in [0.25, 0.3) is 0 Å². The van der Waals surface area contributed by atoms with Crippen LogP contribution in [-0.2, 0) is 39.4 Å². The van der Waals surface area contributed by atoms with E-state index in [1.807, 2.05) is 17.4 Å². The highest BCUT2D eigenvalue weighted by atomic mass is 32.3. The third-order valence-corrected chi connectivity index (χ3v) is 7.51. The molecule has 0 saturated carbocycles. The fraction of sp³-hybridized carbons (Fsp3) is 0.688. The third-order valence-electron chi connectivity index (χ3n) is 3.69. The molecule has 0 spiro atoms. The molecule has 31 heavy (non-hydrogen) atoms. The van der Waals surface area contributed by atoms with E-state index in [1.165, 1.54) is 37.8 Å². The molecule has 182 valence electrons. The summed E-state index contributed by atoms with van der Waals surface area (Å²) in [5, 5.41) is 0. The van der Waals surface area contributed by atoms with E-state index in [0.29, 0.717) is 0 Å². The van der Waals surface area contributed by atoms with Crippen molar-refractivity contribution < 1.29 is 47.7 Å². The van der Waals surface area contributed by atoms with Crippen LogP contribution in [0.4, 0.5) is 26.3 Å². The first-order valence-corrected chi connectivity index (χ1v) is 12.8. The average Bonchev–Trinajstić information content (AvgIpc) is 2.98. The summed E-state index contributed by atoms with van der Waals surface area (Å²) in [7, 11) is -13.4. The molecule has 1 heterocycles. The van der Waals surface area contributed by atoms with E-state index in [2.05, 4.69) is 30.5 Å². The zero-order valence-corrected chi connectivity index (χ0v) is 19.3. The number of allylic oxidation sites excluding steroid dienone is 1.